The summed E-state index contributed by atoms with van der Waals surface area (Å²) in [5.41, 5.74) is 8.44. The molecule has 1 aliphatic heterocycles. The molecule has 6 nitrogen and oxygen atoms in total. The van der Waals surface area contributed by atoms with Crippen molar-refractivity contribution < 1.29 is 9.15 Å². The van der Waals surface area contributed by atoms with E-state index >= 15 is 0 Å². The second-order valence-electron chi connectivity index (χ2n) is 7.16. The van der Waals surface area contributed by atoms with E-state index in [-0.39, 0.29) is 17.0 Å². The maximum atomic E-state index is 12.9. The molecule has 156 valence electrons. The average Bonchev–Trinajstić information content (AvgIpc) is 2.78. The van der Waals surface area contributed by atoms with Crippen LogP contribution in [0.25, 0.3) is 22.1 Å². The van der Waals surface area contributed by atoms with Crippen molar-refractivity contribution in [2.45, 2.75) is 5.92 Å². The number of aromatic nitrogens is 1. The Labute approximate surface area is 192 Å². The summed E-state index contributed by atoms with van der Waals surface area (Å²) in [5.74, 6) is -0.486. The smallest absolute Gasteiger partial charge is 0.344 e. The average molecular weight is 462 g/mol. The van der Waals surface area contributed by atoms with Crippen LogP contribution in [0, 0.1) is 11.3 Å². The van der Waals surface area contributed by atoms with Crippen molar-refractivity contribution in [3.05, 3.63) is 104 Å². The lowest BCUT2D eigenvalue weighted by Crippen LogP contribution is -2.26. The molecule has 1 atom stereocenters. The largest absolute Gasteiger partial charge is 0.439 e. The summed E-state index contributed by atoms with van der Waals surface area (Å²) < 4.78 is 11.3. The third-order valence-electron chi connectivity index (χ3n) is 5.35. The minimum absolute atomic E-state index is 0.0465. The molecular formula is C24H13Cl2N3O3. The summed E-state index contributed by atoms with van der Waals surface area (Å²) in [6.07, 6.45) is 1.59. The Morgan fingerprint density at radius 3 is 2.56 bits per heavy atom. The molecule has 32 heavy (non-hydrogen) atoms. The van der Waals surface area contributed by atoms with Gasteiger partial charge < -0.3 is 14.9 Å². The molecule has 8 heteroatoms. The van der Waals surface area contributed by atoms with Crippen LogP contribution in [0.3, 0.4) is 0 Å². The third kappa shape index (κ3) is 3.19. The van der Waals surface area contributed by atoms with E-state index in [4.69, 9.17) is 38.1 Å². The fraction of sp³-hybridized carbons (Fsp3) is 0.0417. The van der Waals surface area contributed by atoms with Gasteiger partial charge in [-0.05, 0) is 29.3 Å². The summed E-state index contributed by atoms with van der Waals surface area (Å²) in [6, 6.07) is 17.9. The zero-order valence-electron chi connectivity index (χ0n) is 16.3. The molecular weight excluding hydrogens is 449 g/mol. The molecule has 3 heterocycles. The first-order valence-corrected chi connectivity index (χ1v) is 10.3. The topological polar surface area (TPSA) is 102 Å². The standard InChI is InChI=1S/C24H13Cl2N3O3/c25-17-9-19(26)29-11-16(17)12-5-7-13(8-6-12)20-15(10-27)23(28)32-22-14-3-1-2-4-18(14)31-24(30)21(20)22/h1-9,11,20H,28H2. The number of ether oxygens (including phenoxy) is 1. The molecule has 0 aliphatic carbocycles. The van der Waals surface area contributed by atoms with Crippen molar-refractivity contribution in [3.63, 3.8) is 0 Å². The molecule has 0 fully saturated rings. The van der Waals surface area contributed by atoms with E-state index in [0.29, 0.717) is 38.0 Å². The summed E-state index contributed by atoms with van der Waals surface area (Å²) in [4.78, 5) is 17.0. The number of para-hydroxylation sites is 1. The van der Waals surface area contributed by atoms with Gasteiger partial charge in [0.15, 0.2) is 5.75 Å². The van der Waals surface area contributed by atoms with Gasteiger partial charge in [-0.3, -0.25) is 0 Å². The van der Waals surface area contributed by atoms with Crippen LogP contribution < -0.4 is 16.1 Å². The molecule has 0 spiro atoms. The van der Waals surface area contributed by atoms with Gasteiger partial charge in [-0.2, -0.15) is 5.26 Å². The fourth-order valence-corrected chi connectivity index (χ4v) is 4.35. The fourth-order valence-electron chi connectivity index (χ4n) is 3.87. The number of hydrogen-bond acceptors (Lipinski definition) is 6. The highest BCUT2D eigenvalue weighted by atomic mass is 35.5. The van der Waals surface area contributed by atoms with Gasteiger partial charge in [-0.1, -0.05) is 59.6 Å². The molecule has 0 radical (unpaired) electrons. The molecule has 1 aliphatic rings. The minimum atomic E-state index is -0.738. The maximum Gasteiger partial charge on any atom is 0.344 e. The first-order valence-electron chi connectivity index (χ1n) is 9.52. The Balaban J connectivity index is 1.69. The zero-order chi connectivity index (χ0) is 22.4. The molecule has 2 aromatic heterocycles. The van der Waals surface area contributed by atoms with E-state index < -0.39 is 11.5 Å². The summed E-state index contributed by atoms with van der Waals surface area (Å²) in [7, 11) is 0. The van der Waals surface area contributed by atoms with Gasteiger partial charge in [0, 0.05) is 11.8 Å². The number of pyridine rings is 1. The quantitative estimate of drug-likeness (QED) is 0.317. The number of nitriles is 1. The predicted octanol–water partition coefficient (Wildman–Crippen LogP) is 5.38. The van der Waals surface area contributed by atoms with Gasteiger partial charge in [0.2, 0.25) is 5.88 Å². The number of hydrogen-bond donors (Lipinski definition) is 1. The molecule has 4 aromatic rings. The maximum absolute atomic E-state index is 12.9. The van der Waals surface area contributed by atoms with Gasteiger partial charge >= 0.3 is 5.63 Å². The Hall–Kier alpha value is -3.79. The lowest BCUT2D eigenvalue weighted by molar-refractivity contribution is 0.388. The van der Waals surface area contributed by atoms with E-state index in [1.54, 1.807) is 48.7 Å². The van der Waals surface area contributed by atoms with Crippen molar-refractivity contribution in [2.24, 2.45) is 5.73 Å². The molecule has 0 bridgehead atoms. The van der Waals surface area contributed by atoms with Crippen molar-refractivity contribution in [3.8, 4) is 22.9 Å². The van der Waals surface area contributed by atoms with Gasteiger partial charge in [0.25, 0.3) is 0 Å². The zero-order valence-corrected chi connectivity index (χ0v) is 17.8. The van der Waals surface area contributed by atoms with Crippen LogP contribution in [0.1, 0.15) is 17.0 Å². The van der Waals surface area contributed by atoms with Crippen LogP contribution in [0.4, 0.5) is 0 Å². The van der Waals surface area contributed by atoms with E-state index in [1.165, 1.54) is 0 Å². The molecule has 1 unspecified atom stereocenters. The Morgan fingerprint density at radius 2 is 1.84 bits per heavy atom. The Kier molecular flexibility index (Phi) is 4.86. The summed E-state index contributed by atoms with van der Waals surface area (Å²) >= 11 is 12.2. The Bertz CT molecular complexity index is 1520. The third-order valence-corrected chi connectivity index (χ3v) is 5.87. The first-order chi connectivity index (χ1) is 15.5. The number of allylic oxidation sites excluding steroid dienone is 1. The molecule has 5 rings (SSSR count). The predicted molar refractivity (Wildman–Crippen MR) is 121 cm³/mol. The number of benzene rings is 2. The highest BCUT2D eigenvalue weighted by molar-refractivity contribution is 6.35. The van der Waals surface area contributed by atoms with Gasteiger partial charge in [0.05, 0.1) is 21.9 Å². The van der Waals surface area contributed by atoms with E-state index in [9.17, 15) is 10.1 Å². The minimum Gasteiger partial charge on any atom is -0.439 e. The second kappa shape index (κ2) is 7.72. The SMILES string of the molecule is N#CC1=C(N)Oc2c(c(=O)oc3ccccc23)C1c1ccc(-c2cnc(Cl)cc2Cl)cc1. The number of rotatable bonds is 2. The molecule has 0 saturated carbocycles. The van der Waals surface area contributed by atoms with Crippen molar-refractivity contribution in [1.82, 2.24) is 4.98 Å². The van der Waals surface area contributed by atoms with Crippen molar-refractivity contribution in [1.29, 1.82) is 5.26 Å². The van der Waals surface area contributed by atoms with Crippen molar-refractivity contribution in [2.75, 3.05) is 0 Å². The van der Waals surface area contributed by atoms with Crippen LogP contribution in [0.2, 0.25) is 10.2 Å². The second-order valence-corrected chi connectivity index (χ2v) is 7.96. The normalized spacial score (nSPS) is 15.2. The molecule has 0 saturated heterocycles. The van der Waals surface area contributed by atoms with Gasteiger partial charge in [-0.25, -0.2) is 9.78 Å². The first kappa shape index (κ1) is 20.1. The number of nitrogens with zero attached hydrogens (tertiary/aromatic N) is 2. The molecule has 0 amide bonds. The number of nitrogens with two attached hydrogens (primary N) is 1. The highest BCUT2D eigenvalue weighted by Crippen LogP contribution is 2.43. The lowest BCUT2D eigenvalue weighted by Gasteiger charge is -2.26. The lowest BCUT2D eigenvalue weighted by atomic mass is 9.83. The van der Waals surface area contributed by atoms with E-state index in [1.807, 2.05) is 12.1 Å². The molecule has 2 aromatic carbocycles. The number of fused-ring (bicyclic) bond motifs is 3. The summed E-state index contributed by atoms with van der Waals surface area (Å²) in [5, 5.41) is 11.1. The van der Waals surface area contributed by atoms with E-state index in [0.717, 1.165) is 5.56 Å². The highest BCUT2D eigenvalue weighted by Gasteiger charge is 2.35. The van der Waals surface area contributed by atoms with Crippen molar-refractivity contribution >= 4 is 34.2 Å². The van der Waals surface area contributed by atoms with Crippen LogP contribution in [-0.2, 0) is 0 Å². The molecule has 2 N–H and O–H groups in total. The van der Waals surface area contributed by atoms with Gasteiger partial charge in [-0.15, -0.1) is 0 Å². The summed E-state index contributed by atoms with van der Waals surface area (Å²) in [6.45, 7) is 0. The van der Waals surface area contributed by atoms with Crippen LogP contribution >= 0.6 is 23.2 Å². The van der Waals surface area contributed by atoms with Crippen LogP contribution in [0.15, 0.2) is 81.5 Å². The monoisotopic (exact) mass is 461 g/mol. The van der Waals surface area contributed by atoms with Gasteiger partial charge in [0.1, 0.15) is 22.4 Å². The number of halogens is 2. The van der Waals surface area contributed by atoms with E-state index in [2.05, 4.69) is 11.1 Å². The van der Waals surface area contributed by atoms with Crippen LogP contribution in [-0.4, -0.2) is 4.98 Å². The van der Waals surface area contributed by atoms with Crippen LogP contribution in [0.5, 0.6) is 5.75 Å². The Morgan fingerprint density at radius 1 is 1.09 bits per heavy atom.